The van der Waals surface area contributed by atoms with Crippen molar-refractivity contribution < 1.29 is 18.6 Å². The summed E-state index contributed by atoms with van der Waals surface area (Å²) >= 11 is 5.41. The molecule has 2 heterocycles. The SMILES string of the molecule is COc1cc(-c2nn(CN3CCc4ccccc4C3)c(=S)o2)cc(OC)c1OC. The lowest BCUT2D eigenvalue weighted by atomic mass is 10.0. The van der Waals surface area contributed by atoms with E-state index in [4.69, 9.17) is 30.8 Å². The molecule has 29 heavy (non-hydrogen) atoms. The van der Waals surface area contributed by atoms with E-state index in [1.165, 1.54) is 11.1 Å². The largest absolute Gasteiger partial charge is 0.493 e. The van der Waals surface area contributed by atoms with Crippen LogP contribution in [0.3, 0.4) is 0 Å². The summed E-state index contributed by atoms with van der Waals surface area (Å²) < 4.78 is 23.7. The number of aromatic nitrogens is 2. The van der Waals surface area contributed by atoms with E-state index in [0.29, 0.717) is 40.2 Å². The van der Waals surface area contributed by atoms with E-state index in [-0.39, 0.29) is 0 Å². The maximum Gasteiger partial charge on any atom is 0.288 e. The monoisotopic (exact) mass is 413 g/mol. The first-order valence-electron chi connectivity index (χ1n) is 9.30. The Morgan fingerprint density at radius 2 is 1.72 bits per heavy atom. The van der Waals surface area contributed by atoms with Gasteiger partial charge in [0.1, 0.15) is 0 Å². The van der Waals surface area contributed by atoms with Gasteiger partial charge in [0, 0.05) is 18.7 Å². The van der Waals surface area contributed by atoms with Gasteiger partial charge in [0.2, 0.25) is 11.6 Å². The fraction of sp³-hybridized carbons (Fsp3) is 0.333. The Hall–Kier alpha value is -2.84. The van der Waals surface area contributed by atoms with Crippen molar-refractivity contribution >= 4 is 12.2 Å². The highest BCUT2D eigenvalue weighted by atomic mass is 32.1. The summed E-state index contributed by atoms with van der Waals surface area (Å²) in [5, 5.41) is 4.59. The zero-order valence-electron chi connectivity index (χ0n) is 16.7. The van der Waals surface area contributed by atoms with Crippen LogP contribution in [-0.2, 0) is 19.6 Å². The molecule has 0 amide bonds. The zero-order valence-corrected chi connectivity index (χ0v) is 17.5. The van der Waals surface area contributed by atoms with Gasteiger partial charge in [-0.15, -0.1) is 5.10 Å². The molecule has 0 bridgehead atoms. The molecule has 0 saturated heterocycles. The molecule has 0 unspecified atom stereocenters. The third-order valence-corrected chi connectivity index (χ3v) is 5.36. The normalized spacial score (nSPS) is 13.8. The van der Waals surface area contributed by atoms with Crippen LogP contribution in [0.4, 0.5) is 0 Å². The Labute approximate surface area is 174 Å². The Morgan fingerprint density at radius 3 is 2.38 bits per heavy atom. The minimum atomic E-state index is 0.326. The second kappa shape index (κ2) is 8.26. The average molecular weight is 413 g/mol. The summed E-state index contributed by atoms with van der Waals surface area (Å²) in [5.74, 6) is 1.99. The number of benzene rings is 2. The van der Waals surface area contributed by atoms with Crippen LogP contribution in [0.2, 0.25) is 0 Å². The molecule has 0 aliphatic carbocycles. The highest BCUT2D eigenvalue weighted by Crippen LogP contribution is 2.40. The van der Waals surface area contributed by atoms with E-state index >= 15 is 0 Å². The van der Waals surface area contributed by atoms with Crippen molar-refractivity contribution in [3.8, 4) is 28.7 Å². The molecule has 1 aromatic heterocycles. The number of hydrogen-bond acceptors (Lipinski definition) is 7. The molecule has 4 rings (SSSR count). The van der Waals surface area contributed by atoms with Crippen molar-refractivity contribution in [3.63, 3.8) is 0 Å². The van der Waals surface area contributed by atoms with Gasteiger partial charge in [-0.2, -0.15) is 0 Å². The van der Waals surface area contributed by atoms with Crippen LogP contribution < -0.4 is 14.2 Å². The fourth-order valence-corrected chi connectivity index (χ4v) is 3.76. The minimum Gasteiger partial charge on any atom is -0.493 e. The average Bonchev–Trinajstić information content (AvgIpc) is 3.12. The first-order chi connectivity index (χ1) is 14.1. The van der Waals surface area contributed by atoms with E-state index in [1.807, 2.05) is 0 Å². The highest BCUT2D eigenvalue weighted by Gasteiger charge is 2.20. The third-order valence-electron chi connectivity index (χ3n) is 5.06. The molecule has 0 fully saturated rings. The maximum absolute atomic E-state index is 5.77. The Bertz CT molecular complexity index is 1050. The van der Waals surface area contributed by atoms with Crippen LogP contribution in [0, 0.1) is 4.84 Å². The number of rotatable bonds is 6. The number of hydrogen-bond donors (Lipinski definition) is 0. The van der Waals surface area contributed by atoms with Crippen molar-refractivity contribution in [2.24, 2.45) is 0 Å². The first-order valence-corrected chi connectivity index (χ1v) is 9.71. The number of fused-ring (bicyclic) bond motifs is 1. The molecule has 0 saturated carbocycles. The molecule has 2 aromatic carbocycles. The molecule has 0 spiro atoms. The number of nitrogens with zero attached hydrogens (tertiary/aromatic N) is 3. The Kier molecular flexibility index (Phi) is 5.55. The molecular weight excluding hydrogens is 390 g/mol. The third kappa shape index (κ3) is 3.86. The Morgan fingerprint density at radius 1 is 1.03 bits per heavy atom. The van der Waals surface area contributed by atoms with Gasteiger partial charge >= 0.3 is 0 Å². The summed E-state index contributed by atoms with van der Waals surface area (Å²) in [6, 6.07) is 12.1. The maximum atomic E-state index is 5.77. The van der Waals surface area contributed by atoms with Gasteiger partial charge in [-0.25, -0.2) is 4.68 Å². The number of methoxy groups -OCH3 is 3. The molecule has 0 N–H and O–H groups in total. The molecule has 0 atom stereocenters. The fourth-order valence-electron chi connectivity index (χ4n) is 3.58. The predicted octanol–water partition coefficient (Wildman–Crippen LogP) is 3.91. The lowest BCUT2D eigenvalue weighted by molar-refractivity contribution is 0.186. The van der Waals surface area contributed by atoms with E-state index < -0.39 is 0 Å². The van der Waals surface area contributed by atoms with Gasteiger partial charge in [-0.1, -0.05) is 24.3 Å². The van der Waals surface area contributed by atoms with Crippen LogP contribution >= 0.6 is 12.2 Å². The lowest BCUT2D eigenvalue weighted by Crippen LogP contribution is -2.32. The first kappa shape index (κ1) is 19.5. The highest BCUT2D eigenvalue weighted by molar-refractivity contribution is 7.71. The van der Waals surface area contributed by atoms with Gasteiger partial charge in [0.05, 0.1) is 28.0 Å². The summed E-state index contributed by atoms with van der Waals surface area (Å²) in [6.07, 6.45) is 1.01. The quantitative estimate of drug-likeness (QED) is 0.568. The van der Waals surface area contributed by atoms with Crippen LogP contribution in [0.15, 0.2) is 40.8 Å². The lowest BCUT2D eigenvalue weighted by Gasteiger charge is -2.28. The molecule has 8 heteroatoms. The zero-order chi connectivity index (χ0) is 20.4. The second-order valence-corrected chi connectivity index (χ2v) is 7.15. The topological polar surface area (TPSA) is 61.9 Å². The van der Waals surface area contributed by atoms with Gasteiger partial charge in [0.25, 0.3) is 4.84 Å². The van der Waals surface area contributed by atoms with Crippen molar-refractivity contribution in [2.45, 2.75) is 19.6 Å². The smallest absolute Gasteiger partial charge is 0.288 e. The Balaban J connectivity index is 1.60. The van der Waals surface area contributed by atoms with Crippen LogP contribution in [0.25, 0.3) is 11.5 Å². The summed E-state index contributed by atoms with van der Waals surface area (Å²) in [5.41, 5.74) is 3.46. The predicted molar refractivity (Wildman–Crippen MR) is 111 cm³/mol. The number of ether oxygens (including phenoxy) is 3. The van der Waals surface area contributed by atoms with Crippen molar-refractivity contribution in [1.29, 1.82) is 0 Å². The second-order valence-electron chi connectivity index (χ2n) is 6.80. The van der Waals surface area contributed by atoms with Gasteiger partial charge in [-0.3, -0.25) is 4.90 Å². The van der Waals surface area contributed by atoms with E-state index in [9.17, 15) is 0 Å². The van der Waals surface area contributed by atoms with E-state index in [1.54, 1.807) is 38.1 Å². The molecule has 152 valence electrons. The van der Waals surface area contributed by atoms with Crippen molar-refractivity contribution in [3.05, 3.63) is 52.4 Å². The van der Waals surface area contributed by atoms with E-state index in [0.717, 1.165) is 19.5 Å². The van der Waals surface area contributed by atoms with Crippen molar-refractivity contribution in [1.82, 2.24) is 14.7 Å². The van der Waals surface area contributed by atoms with Crippen LogP contribution in [0.5, 0.6) is 17.2 Å². The van der Waals surface area contributed by atoms with Gasteiger partial charge in [-0.05, 0) is 41.9 Å². The van der Waals surface area contributed by atoms with Gasteiger partial charge in [0.15, 0.2) is 11.5 Å². The summed E-state index contributed by atoms with van der Waals surface area (Å²) in [4.78, 5) is 2.63. The van der Waals surface area contributed by atoms with Gasteiger partial charge < -0.3 is 18.6 Å². The molecule has 1 aliphatic rings. The molecule has 3 aromatic rings. The summed E-state index contributed by atoms with van der Waals surface area (Å²) in [7, 11) is 4.71. The minimum absolute atomic E-state index is 0.326. The van der Waals surface area contributed by atoms with Crippen LogP contribution in [-0.4, -0.2) is 42.6 Å². The van der Waals surface area contributed by atoms with E-state index in [2.05, 4.69) is 34.3 Å². The van der Waals surface area contributed by atoms with Crippen molar-refractivity contribution in [2.75, 3.05) is 27.9 Å². The standard InChI is InChI=1S/C21H23N3O4S/c1-25-17-10-16(11-18(26-2)19(17)27-3)20-22-24(21(29)28-20)13-23-9-8-14-6-4-5-7-15(14)12-23/h4-7,10-11H,8-9,12-13H2,1-3H3. The molecular formula is C21H23N3O4S. The molecule has 7 nitrogen and oxygen atoms in total. The summed E-state index contributed by atoms with van der Waals surface area (Å²) in [6.45, 7) is 2.39. The molecule has 1 aliphatic heterocycles. The van der Waals surface area contributed by atoms with Crippen LogP contribution in [0.1, 0.15) is 11.1 Å². The molecule has 0 radical (unpaired) electrons.